The van der Waals surface area contributed by atoms with Crippen LogP contribution in [0.4, 0.5) is 4.79 Å². The van der Waals surface area contributed by atoms with Gasteiger partial charge in [-0.25, -0.2) is 4.79 Å². The highest BCUT2D eigenvalue weighted by molar-refractivity contribution is 6.04. The van der Waals surface area contributed by atoms with E-state index < -0.39 is 0 Å². The maximum Gasteiger partial charge on any atom is 0.327 e. The maximum atomic E-state index is 12.3. The zero-order valence-electron chi connectivity index (χ0n) is 12.9. The predicted octanol–water partition coefficient (Wildman–Crippen LogP) is 2.91. The lowest BCUT2D eigenvalue weighted by atomic mass is 9.87. The average Bonchev–Trinajstić information content (AvgIpc) is 2.99. The Bertz CT molecular complexity index is 549. The second kappa shape index (κ2) is 4.86. The molecule has 3 rings (SSSR count). The van der Waals surface area contributed by atoms with Crippen molar-refractivity contribution in [2.75, 3.05) is 6.54 Å². The van der Waals surface area contributed by atoms with Crippen molar-refractivity contribution in [2.45, 2.75) is 51.6 Å². The summed E-state index contributed by atoms with van der Waals surface area (Å²) in [6.45, 7) is 7.61. The van der Waals surface area contributed by atoms with E-state index in [4.69, 9.17) is 0 Å². The van der Waals surface area contributed by atoms with Gasteiger partial charge < -0.3 is 4.90 Å². The molecule has 0 aromatic heterocycles. The zero-order valence-corrected chi connectivity index (χ0v) is 12.9. The fourth-order valence-corrected chi connectivity index (χ4v) is 3.12. The zero-order chi connectivity index (χ0) is 15.2. The van der Waals surface area contributed by atoms with Crippen molar-refractivity contribution in [3.8, 4) is 0 Å². The number of nitrogens with zero attached hydrogens (tertiary/aromatic N) is 2. The molecule has 0 bridgehead atoms. The number of urea groups is 1. The number of imide groups is 1. The number of fused-ring (bicyclic) bond motifs is 1. The van der Waals surface area contributed by atoms with Crippen LogP contribution in [-0.4, -0.2) is 34.3 Å². The van der Waals surface area contributed by atoms with Crippen LogP contribution in [0.15, 0.2) is 24.3 Å². The molecule has 2 heterocycles. The number of amides is 3. The topological polar surface area (TPSA) is 40.6 Å². The Morgan fingerprint density at radius 3 is 2.38 bits per heavy atom. The minimum Gasteiger partial charge on any atom is -0.312 e. The maximum absolute atomic E-state index is 12.3. The van der Waals surface area contributed by atoms with Gasteiger partial charge in [0.1, 0.15) is 6.04 Å². The molecule has 2 aliphatic rings. The summed E-state index contributed by atoms with van der Waals surface area (Å²) in [5.41, 5.74) is 2.37. The van der Waals surface area contributed by atoms with Crippen molar-refractivity contribution in [3.63, 3.8) is 0 Å². The highest BCUT2D eigenvalue weighted by Gasteiger charge is 2.47. The molecular formula is C17H22N2O2. The Hall–Kier alpha value is -1.84. The van der Waals surface area contributed by atoms with Crippen LogP contribution in [0.25, 0.3) is 0 Å². The Labute approximate surface area is 125 Å². The first-order chi connectivity index (χ1) is 9.88. The van der Waals surface area contributed by atoms with Crippen molar-refractivity contribution in [2.24, 2.45) is 0 Å². The van der Waals surface area contributed by atoms with Gasteiger partial charge in [0.2, 0.25) is 0 Å². The van der Waals surface area contributed by atoms with E-state index >= 15 is 0 Å². The van der Waals surface area contributed by atoms with Crippen molar-refractivity contribution in [3.05, 3.63) is 35.4 Å². The first-order valence-electron chi connectivity index (χ1n) is 7.59. The Morgan fingerprint density at radius 1 is 1.14 bits per heavy atom. The Kier molecular flexibility index (Phi) is 3.27. The summed E-state index contributed by atoms with van der Waals surface area (Å²) in [6.07, 6.45) is 1.75. The molecule has 1 aromatic carbocycles. The molecule has 2 aliphatic heterocycles. The van der Waals surface area contributed by atoms with Crippen molar-refractivity contribution in [1.29, 1.82) is 0 Å². The van der Waals surface area contributed by atoms with E-state index in [1.807, 2.05) is 12.1 Å². The molecule has 1 unspecified atom stereocenters. The van der Waals surface area contributed by atoms with Crippen LogP contribution in [-0.2, 0) is 16.8 Å². The highest BCUT2D eigenvalue weighted by atomic mass is 16.2. The number of carbonyl (C=O) groups excluding carboxylic acids is 2. The summed E-state index contributed by atoms with van der Waals surface area (Å²) in [6, 6.07) is 7.88. The standard InChI is InChI=1S/C17H22N2O2/c1-17(2,3)13-8-6-12(7-9-13)11-19-15(20)14-5-4-10-18(14)16(19)21/h6-9,14H,4-5,10-11H2,1-3H3. The van der Waals surface area contributed by atoms with Gasteiger partial charge in [0.15, 0.2) is 0 Å². The monoisotopic (exact) mass is 286 g/mol. The molecule has 21 heavy (non-hydrogen) atoms. The summed E-state index contributed by atoms with van der Waals surface area (Å²) in [5.74, 6) is -0.0302. The SMILES string of the molecule is CC(C)(C)c1ccc(CN2C(=O)C3CCCN3C2=O)cc1. The summed E-state index contributed by atoms with van der Waals surface area (Å²) < 4.78 is 0. The van der Waals surface area contributed by atoms with Gasteiger partial charge in [-0.15, -0.1) is 0 Å². The third-order valence-corrected chi connectivity index (χ3v) is 4.44. The molecule has 0 aliphatic carbocycles. The van der Waals surface area contributed by atoms with E-state index in [-0.39, 0.29) is 23.4 Å². The van der Waals surface area contributed by atoms with E-state index in [2.05, 4.69) is 32.9 Å². The molecule has 0 saturated carbocycles. The van der Waals surface area contributed by atoms with E-state index in [0.29, 0.717) is 13.1 Å². The quantitative estimate of drug-likeness (QED) is 0.784. The fourth-order valence-electron chi connectivity index (χ4n) is 3.12. The van der Waals surface area contributed by atoms with Gasteiger partial charge >= 0.3 is 6.03 Å². The van der Waals surface area contributed by atoms with Crippen LogP contribution in [0.3, 0.4) is 0 Å². The van der Waals surface area contributed by atoms with Gasteiger partial charge in [0.25, 0.3) is 5.91 Å². The lowest BCUT2D eigenvalue weighted by molar-refractivity contribution is -0.128. The number of hydrogen-bond acceptors (Lipinski definition) is 2. The molecule has 112 valence electrons. The summed E-state index contributed by atoms with van der Waals surface area (Å²) in [7, 11) is 0. The summed E-state index contributed by atoms with van der Waals surface area (Å²) in [4.78, 5) is 27.7. The lowest BCUT2D eigenvalue weighted by Crippen LogP contribution is -2.32. The fraction of sp³-hybridized carbons (Fsp3) is 0.529. The molecule has 0 radical (unpaired) electrons. The molecule has 4 heteroatoms. The molecule has 4 nitrogen and oxygen atoms in total. The second-order valence-corrected chi connectivity index (χ2v) is 7.01. The van der Waals surface area contributed by atoms with Gasteiger partial charge in [0, 0.05) is 6.54 Å². The molecular weight excluding hydrogens is 264 g/mol. The van der Waals surface area contributed by atoms with Crippen LogP contribution in [0.2, 0.25) is 0 Å². The minimum absolute atomic E-state index is 0.0302. The van der Waals surface area contributed by atoms with Gasteiger partial charge in [-0.1, -0.05) is 45.0 Å². The van der Waals surface area contributed by atoms with Crippen LogP contribution in [0.1, 0.15) is 44.7 Å². The van der Waals surface area contributed by atoms with Gasteiger partial charge in [0.05, 0.1) is 6.54 Å². The van der Waals surface area contributed by atoms with Gasteiger partial charge in [-0.05, 0) is 29.4 Å². The number of rotatable bonds is 2. The lowest BCUT2D eigenvalue weighted by Gasteiger charge is -2.20. The van der Waals surface area contributed by atoms with Crippen molar-refractivity contribution >= 4 is 11.9 Å². The largest absolute Gasteiger partial charge is 0.327 e. The van der Waals surface area contributed by atoms with E-state index in [1.165, 1.54) is 10.5 Å². The minimum atomic E-state index is -0.202. The van der Waals surface area contributed by atoms with Crippen LogP contribution in [0, 0.1) is 0 Å². The number of benzene rings is 1. The summed E-state index contributed by atoms with van der Waals surface area (Å²) in [5, 5.41) is 0. The normalized spacial score (nSPS) is 22.1. The van der Waals surface area contributed by atoms with E-state index in [9.17, 15) is 9.59 Å². The van der Waals surface area contributed by atoms with E-state index in [1.54, 1.807) is 4.90 Å². The third-order valence-electron chi connectivity index (χ3n) is 4.44. The smallest absolute Gasteiger partial charge is 0.312 e. The summed E-state index contributed by atoms with van der Waals surface area (Å²) >= 11 is 0. The Balaban J connectivity index is 1.75. The van der Waals surface area contributed by atoms with Gasteiger partial charge in [-0.3, -0.25) is 9.69 Å². The molecule has 3 amide bonds. The first-order valence-corrected chi connectivity index (χ1v) is 7.59. The Morgan fingerprint density at radius 2 is 1.81 bits per heavy atom. The van der Waals surface area contributed by atoms with Crippen molar-refractivity contribution in [1.82, 2.24) is 9.80 Å². The molecule has 1 aromatic rings. The second-order valence-electron chi connectivity index (χ2n) is 7.01. The molecule has 1 atom stereocenters. The van der Waals surface area contributed by atoms with Crippen molar-refractivity contribution < 1.29 is 9.59 Å². The van der Waals surface area contributed by atoms with Crippen LogP contribution >= 0.6 is 0 Å². The molecule has 0 N–H and O–H groups in total. The first kappa shape index (κ1) is 14.1. The number of hydrogen-bond donors (Lipinski definition) is 0. The average molecular weight is 286 g/mol. The molecule has 2 fully saturated rings. The van der Waals surface area contributed by atoms with Crippen LogP contribution in [0.5, 0.6) is 0 Å². The predicted molar refractivity (Wildman–Crippen MR) is 80.8 cm³/mol. The highest BCUT2D eigenvalue weighted by Crippen LogP contribution is 2.29. The van der Waals surface area contributed by atoms with E-state index in [0.717, 1.165) is 18.4 Å². The van der Waals surface area contributed by atoms with Gasteiger partial charge in [-0.2, -0.15) is 0 Å². The number of carbonyl (C=O) groups is 2. The molecule has 0 spiro atoms. The third kappa shape index (κ3) is 2.43. The van der Waals surface area contributed by atoms with Crippen LogP contribution < -0.4 is 0 Å². The molecule has 2 saturated heterocycles.